The summed E-state index contributed by atoms with van der Waals surface area (Å²) in [6.07, 6.45) is 3.09. The highest BCUT2D eigenvalue weighted by atomic mass is 19.1. The number of nitrogens with one attached hydrogen (secondary N) is 2. The van der Waals surface area contributed by atoms with Crippen molar-refractivity contribution in [2.75, 3.05) is 6.54 Å². The molecule has 1 aliphatic rings. The number of H-pyrrole nitrogens is 1. The first-order valence-electron chi connectivity index (χ1n) is 9.34. The van der Waals surface area contributed by atoms with Crippen LogP contribution in [0.15, 0.2) is 24.3 Å². The van der Waals surface area contributed by atoms with Crippen molar-refractivity contribution >= 4 is 16.9 Å². The minimum Gasteiger partial charge on any atom is -0.355 e. The molecule has 3 aromatic rings. The van der Waals surface area contributed by atoms with E-state index in [0.717, 1.165) is 30.8 Å². The molecule has 142 valence electrons. The number of aryl methyl sites for hydroxylation is 3. The molecule has 4 rings (SSSR count). The topological polar surface area (TPSA) is 75.6 Å². The maximum Gasteiger partial charge on any atom is 0.220 e. The van der Waals surface area contributed by atoms with Crippen LogP contribution < -0.4 is 5.32 Å². The number of aromatic nitrogens is 4. The van der Waals surface area contributed by atoms with Crippen LogP contribution in [0, 0.1) is 25.1 Å². The fraction of sp³-hybridized carbons (Fsp3) is 0.450. The Hall–Kier alpha value is -2.70. The van der Waals surface area contributed by atoms with E-state index in [2.05, 4.69) is 33.4 Å². The highest BCUT2D eigenvalue weighted by molar-refractivity contribution is 5.77. The van der Waals surface area contributed by atoms with Gasteiger partial charge in [-0.05, 0) is 51.0 Å². The first-order valence-corrected chi connectivity index (χ1v) is 9.34. The first-order chi connectivity index (χ1) is 12.9. The summed E-state index contributed by atoms with van der Waals surface area (Å²) in [7, 11) is 0. The summed E-state index contributed by atoms with van der Waals surface area (Å²) in [4.78, 5) is 19.7. The van der Waals surface area contributed by atoms with Gasteiger partial charge in [-0.15, -0.1) is 0 Å². The molecule has 1 amide bonds. The third-order valence-corrected chi connectivity index (χ3v) is 5.29. The fourth-order valence-corrected chi connectivity index (χ4v) is 3.48. The fourth-order valence-electron chi connectivity index (χ4n) is 3.48. The number of hydrogen-bond donors (Lipinski definition) is 2. The summed E-state index contributed by atoms with van der Waals surface area (Å²) < 4.78 is 15.3. The van der Waals surface area contributed by atoms with Crippen molar-refractivity contribution in [3.05, 3.63) is 47.3 Å². The van der Waals surface area contributed by atoms with Crippen molar-refractivity contribution in [2.45, 2.75) is 46.1 Å². The zero-order chi connectivity index (χ0) is 19.0. The number of amides is 1. The molecule has 0 spiro atoms. The molecule has 1 aromatic carbocycles. The molecule has 0 aliphatic heterocycles. The van der Waals surface area contributed by atoms with E-state index in [9.17, 15) is 9.18 Å². The van der Waals surface area contributed by atoms with E-state index in [0.29, 0.717) is 36.2 Å². The molecule has 2 N–H and O–H groups in total. The van der Waals surface area contributed by atoms with Crippen molar-refractivity contribution in [1.82, 2.24) is 25.1 Å². The van der Waals surface area contributed by atoms with E-state index in [4.69, 9.17) is 0 Å². The van der Waals surface area contributed by atoms with Gasteiger partial charge in [-0.3, -0.25) is 9.48 Å². The summed E-state index contributed by atoms with van der Waals surface area (Å²) >= 11 is 0. The largest absolute Gasteiger partial charge is 0.355 e. The highest BCUT2D eigenvalue weighted by Gasteiger charge is 2.43. The molecule has 0 saturated heterocycles. The molecular weight excluding hydrogens is 345 g/mol. The van der Waals surface area contributed by atoms with Crippen LogP contribution in [-0.4, -0.2) is 32.2 Å². The summed E-state index contributed by atoms with van der Waals surface area (Å²) in [5.41, 5.74) is 3.70. The minimum absolute atomic E-state index is 0.0151. The standard InChI is InChI=1S/C20H24FN5O/c1-13-9-14(2)26(25-13)12-20(7-8-20)11-22-19(27)6-5-18-23-16-4-3-15(21)10-17(16)24-18/h3-4,9-10H,5-8,11-12H2,1-2H3,(H,22,27)(H,23,24). The molecule has 0 bridgehead atoms. The maximum atomic E-state index is 13.2. The quantitative estimate of drug-likeness (QED) is 0.672. The molecule has 0 unspecified atom stereocenters. The lowest BCUT2D eigenvalue weighted by Crippen LogP contribution is -2.32. The number of imidazole rings is 1. The molecule has 0 radical (unpaired) electrons. The van der Waals surface area contributed by atoms with Gasteiger partial charge in [0, 0.05) is 37.0 Å². The van der Waals surface area contributed by atoms with Gasteiger partial charge in [0.15, 0.2) is 0 Å². The Labute approximate surface area is 157 Å². The van der Waals surface area contributed by atoms with Crippen molar-refractivity contribution < 1.29 is 9.18 Å². The number of carbonyl (C=O) groups excluding carboxylic acids is 1. The lowest BCUT2D eigenvalue weighted by Gasteiger charge is -2.17. The van der Waals surface area contributed by atoms with Crippen LogP contribution in [0.3, 0.4) is 0 Å². The van der Waals surface area contributed by atoms with Gasteiger partial charge >= 0.3 is 0 Å². The molecule has 1 fully saturated rings. The van der Waals surface area contributed by atoms with Crippen molar-refractivity contribution in [3.63, 3.8) is 0 Å². The Morgan fingerprint density at radius 1 is 1.33 bits per heavy atom. The lowest BCUT2D eigenvalue weighted by molar-refractivity contribution is -0.121. The van der Waals surface area contributed by atoms with E-state index >= 15 is 0 Å². The first kappa shape index (κ1) is 17.7. The van der Waals surface area contributed by atoms with Gasteiger partial charge in [0.1, 0.15) is 11.6 Å². The number of aromatic amines is 1. The Bertz CT molecular complexity index is 986. The van der Waals surface area contributed by atoms with Gasteiger partial charge in [-0.1, -0.05) is 0 Å². The number of carbonyl (C=O) groups is 1. The molecule has 1 saturated carbocycles. The lowest BCUT2D eigenvalue weighted by atomic mass is 10.1. The SMILES string of the molecule is Cc1cc(C)n(CC2(CNC(=O)CCc3nc4ccc(F)cc4[nH]3)CC2)n1. The Kier molecular flexibility index (Phi) is 4.45. The highest BCUT2D eigenvalue weighted by Crippen LogP contribution is 2.46. The summed E-state index contributed by atoms with van der Waals surface area (Å²) in [5, 5.41) is 7.59. The molecule has 0 atom stereocenters. The Morgan fingerprint density at radius 3 is 2.85 bits per heavy atom. The number of halogens is 1. The van der Waals surface area contributed by atoms with Gasteiger partial charge in [0.05, 0.1) is 16.7 Å². The van der Waals surface area contributed by atoms with Crippen LogP contribution in [0.1, 0.15) is 36.5 Å². The zero-order valence-electron chi connectivity index (χ0n) is 15.7. The van der Waals surface area contributed by atoms with Gasteiger partial charge in [-0.2, -0.15) is 5.10 Å². The third-order valence-electron chi connectivity index (χ3n) is 5.29. The molecule has 1 aliphatic carbocycles. The van der Waals surface area contributed by atoms with E-state index in [-0.39, 0.29) is 17.1 Å². The summed E-state index contributed by atoms with van der Waals surface area (Å²) in [6, 6.07) is 6.52. The number of rotatable bonds is 7. The number of hydrogen-bond acceptors (Lipinski definition) is 3. The minimum atomic E-state index is -0.298. The average molecular weight is 369 g/mol. The Balaban J connectivity index is 1.28. The second-order valence-corrected chi connectivity index (χ2v) is 7.71. The molecule has 6 nitrogen and oxygen atoms in total. The van der Waals surface area contributed by atoms with Crippen LogP contribution in [0.2, 0.25) is 0 Å². The van der Waals surface area contributed by atoms with E-state index in [1.54, 1.807) is 6.07 Å². The predicted molar refractivity (Wildman–Crippen MR) is 101 cm³/mol. The van der Waals surface area contributed by atoms with Gasteiger partial charge in [0.2, 0.25) is 5.91 Å². The van der Waals surface area contributed by atoms with Crippen molar-refractivity contribution in [1.29, 1.82) is 0 Å². The smallest absolute Gasteiger partial charge is 0.220 e. The Morgan fingerprint density at radius 2 is 2.15 bits per heavy atom. The maximum absolute atomic E-state index is 13.2. The van der Waals surface area contributed by atoms with Gasteiger partial charge in [0.25, 0.3) is 0 Å². The molecule has 2 heterocycles. The summed E-state index contributed by atoms with van der Waals surface area (Å²) in [5.74, 6) is 0.420. The predicted octanol–water partition coefficient (Wildman–Crippen LogP) is 3.04. The van der Waals surface area contributed by atoms with Crippen LogP contribution in [0.4, 0.5) is 4.39 Å². The second-order valence-electron chi connectivity index (χ2n) is 7.71. The average Bonchev–Trinajstić information content (AvgIpc) is 3.15. The van der Waals surface area contributed by atoms with Gasteiger partial charge in [-0.25, -0.2) is 9.37 Å². The van der Waals surface area contributed by atoms with E-state index < -0.39 is 0 Å². The molecule has 7 heteroatoms. The van der Waals surface area contributed by atoms with Crippen LogP contribution in [0.25, 0.3) is 11.0 Å². The third kappa shape index (κ3) is 4.02. The number of benzene rings is 1. The number of nitrogens with zero attached hydrogens (tertiary/aromatic N) is 3. The second kappa shape index (κ2) is 6.79. The molecule has 2 aromatic heterocycles. The zero-order valence-corrected chi connectivity index (χ0v) is 15.7. The summed E-state index contributed by atoms with van der Waals surface area (Å²) in [6.45, 7) is 5.59. The molecule has 27 heavy (non-hydrogen) atoms. The number of fused-ring (bicyclic) bond motifs is 1. The normalized spacial score (nSPS) is 15.2. The van der Waals surface area contributed by atoms with Gasteiger partial charge < -0.3 is 10.3 Å². The monoisotopic (exact) mass is 369 g/mol. The van der Waals surface area contributed by atoms with Crippen LogP contribution >= 0.6 is 0 Å². The van der Waals surface area contributed by atoms with E-state index in [1.807, 2.05) is 11.6 Å². The van der Waals surface area contributed by atoms with Crippen molar-refractivity contribution in [3.8, 4) is 0 Å². The van der Waals surface area contributed by atoms with Crippen molar-refractivity contribution in [2.24, 2.45) is 5.41 Å². The molecular formula is C20H24FN5O. The van der Waals surface area contributed by atoms with Crippen LogP contribution in [0.5, 0.6) is 0 Å². The van der Waals surface area contributed by atoms with Crippen LogP contribution in [-0.2, 0) is 17.8 Å². The van der Waals surface area contributed by atoms with E-state index in [1.165, 1.54) is 12.1 Å².